The third-order valence-electron chi connectivity index (χ3n) is 2.70. The van der Waals surface area contributed by atoms with E-state index in [0.29, 0.717) is 11.0 Å². The van der Waals surface area contributed by atoms with Gasteiger partial charge in [-0.25, -0.2) is 22.9 Å². The Bertz CT molecular complexity index is 724. The first kappa shape index (κ1) is 14.4. The third-order valence-corrected chi connectivity index (χ3v) is 4.20. The number of aromatic amines is 1. The smallest absolute Gasteiger partial charge is 0.332 e. The Morgan fingerprint density at radius 3 is 2.95 bits per heavy atom. The number of carboxylic acid groups (broad SMARTS) is 1. The highest BCUT2D eigenvalue weighted by molar-refractivity contribution is 7.89. The fourth-order valence-corrected chi connectivity index (χ4v) is 2.89. The molecule has 2 aromatic heterocycles. The van der Waals surface area contributed by atoms with Crippen LogP contribution in [-0.2, 0) is 14.8 Å². The Kier molecular flexibility index (Phi) is 4.02. The number of nitrogens with one attached hydrogen (secondary N) is 2. The van der Waals surface area contributed by atoms with E-state index in [1.54, 1.807) is 12.1 Å². The maximum Gasteiger partial charge on any atom is 0.332 e. The van der Waals surface area contributed by atoms with E-state index in [0.717, 1.165) is 0 Å². The van der Waals surface area contributed by atoms with Gasteiger partial charge in [-0.1, -0.05) is 0 Å². The number of rotatable bonds is 6. The molecule has 0 aromatic carbocycles. The van der Waals surface area contributed by atoms with Crippen LogP contribution in [0.1, 0.15) is 6.42 Å². The van der Waals surface area contributed by atoms with Gasteiger partial charge in [0, 0.05) is 24.3 Å². The van der Waals surface area contributed by atoms with E-state index >= 15 is 0 Å². The van der Waals surface area contributed by atoms with Crippen molar-refractivity contribution in [3.05, 3.63) is 24.5 Å². The van der Waals surface area contributed by atoms with Crippen LogP contribution in [0.3, 0.4) is 0 Å². The summed E-state index contributed by atoms with van der Waals surface area (Å²) in [5, 5.41) is 18.0. The Morgan fingerprint density at radius 2 is 2.25 bits per heavy atom. The quantitative estimate of drug-likeness (QED) is 0.577. The first-order valence-corrected chi connectivity index (χ1v) is 7.23. The number of aliphatic hydroxyl groups is 1. The standard InChI is InChI=1S/C11H13N3O5S/c15-8(11(16)17)3-5-14-20(18,19)9-6-13-10-7(9)2-1-4-12-10/h1-2,4,6,8,14-15H,3,5H2,(H,12,13)(H,16,17). The molecule has 0 spiro atoms. The third kappa shape index (κ3) is 2.95. The number of carboxylic acids is 1. The van der Waals surface area contributed by atoms with E-state index in [-0.39, 0.29) is 17.9 Å². The lowest BCUT2D eigenvalue weighted by molar-refractivity contribution is -0.146. The monoisotopic (exact) mass is 299 g/mol. The minimum Gasteiger partial charge on any atom is -0.479 e. The number of aliphatic hydroxyl groups excluding tert-OH is 1. The second-order valence-corrected chi connectivity index (χ2v) is 5.83. The van der Waals surface area contributed by atoms with Gasteiger partial charge in [0.2, 0.25) is 10.0 Å². The van der Waals surface area contributed by atoms with Crippen LogP contribution in [0.2, 0.25) is 0 Å². The van der Waals surface area contributed by atoms with Gasteiger partial charge >= 0.3 is 5.97 Å². The summed E-state index contributed by atoms with van der Waals surface area (Å²) in [5.74, 6) is -1.39. The molecule has 1 atom stereocenters. The molecule has 0 aliphatic rings. The Hall–Kier alpha value is -1.97. The highest BCUT2D eigenvalue weighted by atomic mass is 32.2. The Balaban J connectivity index is 2.13. The molecule has 0 radical (unpaired) electrons. The van der Waals surface area contributed by atoms with Crippen molar-refractivity contribution in [1.29, 1.82) is 0 Å². The molecule has 0 fully saturated rings. The number of H-pyrrole nitrogens is 1. The van der Waals surface area contributed by atoms with Crippen LogP contribution in [0.4, 0.5) is 0 Å². The topological polar surface area (TPSA) is 132 Å². The number of aromatic nitrogens is 2. The lowest BCUT2D eigenvalue weighted by atomic mass is 10.3. The number of hydrogen-bond acceptors (Lipinski definition) is 5. The lowest BCUT2D eigenvalue weighted by Crippen LogP contribution is -2.30. The van der Waals surface area contributed by atoms with E-state index in [2.05, 4.69) is 14.7 Å². The molecule has 0 aliphatic carbocycles. The molecule has 2 aromatic rings. The number of pyridine rings is 1. The van der Waals surface area contributed by atoms with Crippen LogP contribution >= 0.6 is 0 Å². The summed E-state index contributed by atoms with van der Waals surface area (Å²) in [7, 11) is -3.79. The highest BCUT2D eigenvalue weighted by Gasteiger charge is 2.20. The highest BCUT2D eigenvalue weighted by Crippen LogP contribution is 2.20. The maximum absolute atomic E-state index is 12.1. The summed E-state index contributed by atoms with van der Waals surface area (Å²) < 4.78 is 26.4. The molecule has 0 saturated carbocycles. The number of nitrogens with zero attached hydrogens (tertiary/aromatic N) is 1. The first-order valence-electron chi connectivity index (χ1n) is 5.74. The molecule has 2 heterocycles. The summed E-state index contributed by atoms with van der Waals surface area (Å²) in [6, 6.07) is 3.23. The molecule has 1 unspecified atom stereocenters. The summed E-state index contributed by atoms with van der Waals surface area (Å²) in [6.45, 7) is -0.178. The molecule has 0 saturated heterocycles. The predicted octanol–water partition coefficient (Wildman–Crippen LogP) is -0.323. The summed E-state index contributed by atoms with van der Waals surface area (Å²) in [4.78, 5) is 17.2. The number of aliphatic carboxylic acids is 1. The molecule has 108 valence electrons. The van der Waals surface area contributed by atoms with Crippen molar-refractivity contribution in [2.24, 2.45) is 0 Å². The second kappa shape index (κ2) is 5.57. The average molecular weight is 299 g/mol. The van der Waals surface area contributed by atoms with Gasteiger partial charge in [-0.05, 0) is 18.6 Å². The number of hydrogen-bond donors (Lipinski definition) is 4. The number of fused-ring (bicyclic) bond motifs is 1. The van der Waals surface area contributed by atoms with Crippen LogP contribution in [0, 0.1) is 0 Å². The van der Waals surface area contributed by atoms with E-state index in [4.69, 9.17) is 10.2 Å². The second-order valence-electron chi connectivity index (χ2n) is 4.09. The van der Waals surface area contributed by atoms with Gasteiger partial charge in [0.1, 0.15) is 10.5 Å². The number of sulfonamides is 1. The maximum atomic E-state index is 12.1. The molecule has 0 amide bonds. The van der Waals surface area contributed by atoms with Crippen molar-refractivity contribution in [3.63, 3.8) is 0 Å². The zero-order valence-electron chi connectivity index (χ0n) is 10.3. The van der Waals surface area contributed by atoms with Crippen molar-refractivity contribution in [2.45, 2.75) is 17.4 Å². The largest absolute Gasteiger partial charge is 0.479 e. The van der Waals surface area contributed by atoms with E-state index < -0.39 is 22.1 Å². The van der Waals surface area contributed by atoms with E-state index in [1.165, 1.54) is 12.4 Å². The normalized spacial score (nSPS) is 13.4. The molecule has 0 bridgehead atoms. The molecule has 4 N–H and O–H groups in total. The van der Waals surface area contributed by atoms with Crippen LogP contribution in [0.25, 0.3) is 11.0 Å². The predicted molar refractivity (Wildman–Crippen MR) is 69.5 cm³/mol. The van der Waals surface area contributed by atoms with Crippen LogP contribution in [-0.4, -0.2) is 47.2 Å². The van der Waals surface area contributed by atoms with Gasteiger partial charge in [-0.3, -0.25) is 0 Å². The van der Waals surface area contributed by atoms with Crippen molar-refractivity contribution >= 4 is 27.0 Å². The van der Waals surface area contributed by atoms with E-state index in [9.17, 15) is 13.2 Å². The van der Waals surface area contributed by atoms with Crippen molar-refractivity contribution < 1.29 is 23.4 Å². The SMILES string of the molecule is O=C(O)C(O)CCNS(=O)(=O)c1c[nH]c2ncccc12. The summed E-state index contributed by atoms with van der Waals surface area (Å²) >= 11 is 0. The lowest BCUT2D eigenvalue weighted by Gasteiger charge is -2.07. The molecule has 20 heavy (non-hydrogen) atoms. The Labute approximate surface area is 114 Å². The van der Waals surface area contributed by atoms with Gasteiger partial charge < -0.3 is 15.2 Å². The minimum atomic E-state index is -3.79. The first-order chi connectivity index (χ1) is 9.42. The molecular formula is C11H13N3O5S. The number of carbonyl (C=O) groups is 1. The zero-order chi connectivity index (χ0) is 14.8. The van der Waals surface area contributed by atoms with Crippen molar-refractivity contribution in [1.82, 2.24) is 14.7 Å². The van der Waals surface area contributed by atoms with Gasteiger partial charge in [0.15, 0.2) is 6.10 Å². The molecule has 8 nitrogen and oxygen atoms in total. The molecular weight excluding hydrogens is 286 g/mol. The molecule has 9 heteroatoms. The van der Waals surface area contributed by atoms with Crippen LogP contribution < -0.4 is 4.72 Å². The van der Waals surface area contributed by atoms with Crippen molar-refractivity contribution in [2.75, 3.05) is 6.54 Å². The zero-order valence-corrected chi connectivity index (χ0v) is 11.1. The Morgan fingerprint density at radius 1 is 1.50 bits per heavy atom. The van der Waals surface area contributed by atoms with Gasteiger partial charge in [-0.15, -0.1) is 0 Å². The van der Waals surface area contributed by atoms with Crippen LogP contribution in [0.5, 0.6) is 0 Å². The molecule has 2 rings (SSSR count). The van der Waals surface area contributed by atoms with Crippen LogP contribution in [0.15, 0.2) is 29.4 Å². The van der Waals surface area contributed by atoms with Crippen molar-refractivity contribution in [3.8, 4) is 0 Å². The summed E-state index contributed by atoms with van der Waals surface area (Å²) in [5.41, 5.74) is 0.443. The average Bonchev–Trinajstić information content (AvgIpc) is 2.82. The fourth-order valence-electron chi connectivity index (χ4n) is 1.68. The van der Waals surface area contributed by atoms with Gasteiger partial charge in [0.25, 0.3) is 0 Å². The molecule has 0 aliphatic heterocycles. The fraction of sp³-hybridized carbons (Fsp3) is 0.273. The van der Waals surface area contributed by atoms with Gasteiger partial charge in [0.05, 0.1) is 0 Å². The van der Waals surface area contributed by atoms with Gasteiger partial charge in [-0.2, -0.15) is 0 Å². The minimum absolute atomic E-state index is 0.0328. The summed E-state index contributed by atoms with van der Waals surface area (Å²) in [6.07, 6.45) is 1.04. The van der Waals surface area contributed by atoms with E-state index in [1.807, 2.05) is 0 Å².